The number of aromatic nitrogens is 1. The molecule has 24 heavy (non-hydrogen) atoms. The van der Waals surface area contributed by atoms with E-state index in [1.54, 1.807) is 26.5 Å². The SMILES string of the molecule is COc1ccc(CNc2ccnc(C(=O)NC3CC3)c2)cc1OC. The number of hydrogen-bond donors (Lipinski definition) is 2. The fourth-order valence-corrected chi connectivity index (χ4v) is 2.35. The van der Waals surface area contributed by atoms with Crippen molar-refractivity contribution >= 4 is 11.6 Å². The van der Waals surface area contributed by atoms with Gasteiger partial charge in [0, 0.05) is 24.5 Å². The summed E-state index contributed by atoms with van der Waals surface area (Å²) in [6, 6.07) is 9.69. The van der Waals surface area contributed by atoms with Gasteiger partial charge in [0.2, 0.25) is 0 Å². The van der Waals surface area contributed by atoms with Gasteiger partial charge in [0.25, 0.3) is 5.91 Å². The van der Waals surface area contributed by atoms with E-state index in [2.05, 4.69) is 15.6 Å². The van der Waals surface area contributed by atoms with E-state index in [4.69, 9.17) is 9.47 Å². The monoisotopic (exact) mass is 327 g/mol. The molecule has 6 nitrogen and oxygen atoms in total. The van der Waals surface area contributed by atoms with Crippen LogP contribution in [0.2, 0.25) is 0 Å². The van der Waals surface area contributed by atoms with Crippen molar-refractivity contribution in [3.63, 3.8) is 0 Å². The van der Waals surface area contributed by atoms with E-state index in [1.807, 2.05) is 24.3 Å². The Hall–Kier alpha value is -2.76. The fraction of sp³-hybridized carbons (Fsp3) is 0.333. The van der Waals surface area contributed by atoms with Crippen molar-refractivity contribution in [3.05, 3.63) is 47.8 Å². The Bertz CT molecular complexity index is 729. The Labute approximate surface area is 141 Å². The van der Waals surface area contributed by atoms with E-state index in [0.717, 1.165) is 24.1 Å². The molecular weight excluding hydrogens is 306 g/mol. The quantitative estimate of drug-likeness (QED) is 0.818. The second kappa shape index (κ2) is 7.21. The largest absolute Gasteiger partial charge is 0.493 e. The maximum atomic E-state index is 12.0. The number of anilines is 1. The zero-order valence-corrected chi connectivity index (χ0v) is 13.8. The summed E-state index contributed by atoms with van der Waals surface area (Å²) in [6.07, 6.45) is 3.75. The van der Waals surface area contributed by atoms with Crippen LogP contribution in [0.15, 0.2) is 36.5 Å². The summed E-state index contributed by atoms with van der Waals surface area (Å²) in [5, 5.41) is 6.24. The zero-order valence-electron chi connectivity index (χ0n) is 13.8. The lowest BCUT2D eigenvalue weighted by Gasteiger charge is -2.11. The molecule has 1 fully saturated rings. The normalized spacial score (nSPS) is 13.2. The lowest BCUT2D eigenvalue weighted by molar-refractivity contribution is 0.0946. The minimum atomic E-state index is -0.118. The van der Waals surface area contributed by atoms with Crippen molar-refractivity contribution in [2.45, 2.75) is 25.4 Å². The van der Waals surface area contributed by atoms with Crippen LogP contribution in [0, 0.1) is 0 Å². The van der Waals surface area contributed by atoms with Gasteiger partial charge in [0.05, 0.1) is 14.2 Å². The number of hydrogen-bond acceptors (Lipinski definition) is 5. The molecule has 6 heteroatoms. The number of carbonyl (C=O) groups excluding carboxylic acids is 1. The Morgan fingerprint density at radius 2 is 1.96 bits per heavy atom. The maximum absolute atomic E-state index is 12.0. The van der Waals surface area contributed by atoms with Crippen molar-refractivity contribution in [3.8, 4) is 11.5 Å². The average molecular weight is 327 g/mol. The number of amides is 1. The Kier molecular flexibility index (Phi) is 4.84. The molecule has 0 aliphatic heterocycles. The standard InChI is InChI=1S/C18H21N3O3/c1-23-16-6-3-12(9-17(16)24-2)11-20-14-7-8-19-15(10-14)18(22)21-13-4-5-13/h3,6-10,13H,4-5,11H2,1-2H3,(H,19,20)(H,21,22). The molecule has 2 aromatic rings. The van der Waals surface area contributed by atoms with Crippen molar-refractivity contribution in [1.82, 2.24) is 10.3 Å². The molecule has 0 spiro atoms. The van der Waals surface area contributed by atoms with Gasteiger partial charge in [-0.15, -0.1) is 0 Å². The molecule has 1 aliphatic carbocycles. The molecule has 1 amide bonds. The van der Waals surface area contributed by atoms with Crippen LogP contribution in [0.4, 0.5) is 5.69 Å². The zero-order chi connectivity index (χ0) is 16.9. The van der Waals surface area contributed by atoms with Crippen molar-refractivity contribution in [2.75, 3.05) is 19.5 Å². The first-order chi connectivity index (χ1) is 11.7. The van der Waals surface area contributed by atoms with Crippen LogP contribution >= 0.6 is 0 Å². The number of ether oxygens (including phenoxy) is 2. The lowest BCUT2D eigenvalue weighted by atomic mass is 10.2. The smallest absolute Gasteiger partial charge is 0.270 e. The predicted octanol–water partition coefficient (Wildman–Crippen LogP) is 2.60. The van der Waals surface area contributed by atoms with Crippen LogP contribution < -0.4 is 20.1 Å². The van der Waals surface area contributed by atoms with Crippen molar-refractivity contribution in [2.24, 2.45) is 0 Å². The third-order valence-electron chi connectivity index (χ3n) is 3.85. The predicted molar refractivity (Wildman–Crippen MR) is 91.6 cm³/mol. The molecule has 2 N–H and O–H groups in total. The van der Waals surface area contributed by atoms with E-state index < -0.39 is 0 Å². The molecule has 0 saturated heterocycles. The lowest BCUT2D eigenvalue weighted by Crippen LogP contribution is -2.26. The molecule has 0 atom stereocenters. The van der Waals surface area contributed by atoms with E-state index in [9.17, 15) is 4.79 Å². The highest BCUT2D eigenvalue weighted by atomic mass is 16.5. The third kappa shape index (κ3) is 3.95. The van der Waals surface area contributed by atoms with Gasteiger partial charge in [-0.1, -0.05) is 6.07 Å². The second-order valence-corrected chi connectivity index (χ2v) is 5.72. The van der Waals surface area contributed by atoms with Gasteiger partial charge in [0.1, 0.15) is 5.69 Å². The molecule has 0 bridgehead atoms. The maximum Gasteiger partial charge on any atom is 0.270 e. The summed E-state index contributed by atoms with van der Waals surface area (Å²) in [4.78, 5) is 16.2. The minimum Gasteiger partial charge on any atom is -0.493 e. The van der Waals surface area contributed by atoms with Gasteiger partial charge < -0.3 is 20.1 Å². The summed E-state index contributed by atoms with van der Waals surface area (Å²) < 4.78 is 10.5. The first kappa shape index (κ1) is 16.1. The summed E-state index contributed by atoms with van der Waals surface area (Å²) in [6.45, 7) is 0.605. The van der Waals surface area contributed by atoms with Gasteiger partial charge in [-0.05, 0) is 42.7 Å². The number of pyridine rings is 1. The molecule has 0 radical (unpaired) electrons. The topological polar surface area (TPSA) is 72.5 Å². The molecule has 1 aromatic carbocycles. The van der Waals surface area contributed by atoms with Crippen LogP contribution in [0.1, 0.15) is 28.9 Å². The van der Waals surface area contributed by atoms with Gasteiger partial charge in [-0.3, -0.25) is 9.78 Å². The Morgan fingerprint density at radius 3 is 2.67 bits per heavy atom. The van der Waals surface area contributed by atoms with Gasteiger partial charge in [0.15, 0.2) is 11.5 Å². The molecule has 3 rings (SSSR count). The highest BCUT2D eigenvalue weighted by Gasteiger charge is 2.24. The number of nitrogens with one attached hydrogen (secondary N) is 2. The van der Waals surface area contributed by atoms with E-state index in [1.165, 1.54) is 0 Å². The summed E-state index contributed by atoms with van der Waals surface area (Å²) in [7, 11) is 3.23. The van der Waals surface area contributed by atoms with E-state index in [-0.39, 0.29) is 5.91 Å². The number of nitrogens with zero attached hydrogens (tertiary/aromatic N) is 1. The van der Waals surface area contributed by atoms with Gasteiger partial charge in [-0.2, -0.15) is 0 Å². The molecular formula is C18H21N3O3. The summed E-state index contributed by atoms with van der Waals surface area (Å²) in [5.74, 6) is 1.27. The molecule has 1 saturated carbocycles. The number of methoxy groups -OCH3 is 2. The van der Waals surface area contributed by atoms with Crippen LogP contribution in [0.25, 0.3) is 0 Å². The molecule has 1 heterocycles. The highest BCUT2D eigenvalue weighted by Crippen LogP contribution is 2.27. The Balaban J connectivity index is 1.64. The summed E-state index contributed by atoms with van der Waals surface area (Å²) in [5.41, 5.74) is 2.33. The highest BCUT2D eigenvalue weighted by molar-refractivity contribution is 5.93. The van der Waals surface area contributed by atoms with E-state index in [0.29, 0.717) is 29.8 Å². The first-order valence-corrected chi connectivity index (χ1v) is 7.91. The Morgan fingerprint density at radius 1 is 1.17 bits per heavy atom. The van der Waals surface area contributed by atoms with Crippen LogP contribution in [-0.2, 0) is 6.54 Å². The molecule has 126 valence electrons. The first-order valence-electron chi connectivity index (χ1n) is 7.91. The van der Waals surface area contributed by atoms with Crippen molar-refractivity contribution in [1.29, 1.82) is 0 Å². The van der Waals surface area contributed by atoms with Gasteiger partial charge in [-0.25, -0.2) is 0 Å². The van der Waals surface area contributed by atoms with Crippen molar-refractivity contribution < 1.29 is 14.3 Å². The van der Waals surface area contributed by atoms with Crippen LogP contribution in [-0.4, -0.2) is 31.2 Å². The molecule has 1 aromatic heterocycles. The van der Waals surface area contributed by atoms with Crippen LogP contribution in [0.3, 0.4) is 0 Å². The fourth-order valence-electron chi connectivity index (χ4n) is 2.35. The minimum absolute atomic E-state index is 0.118. The number of rotatable bonds is 7. The third-order valence-corrected chi connectivity index (χ3v) is 3.85. The van der Waals surface area contributed by atoms with Crippen LogP contribution in [0.5, 0.6) is 11.5 Å². The number of carbonyl (C=O) groups is 1. The number of benzene rings is 1. The average Bonchev–Trinajstić information content (AvgIpc) is 3.43. The summed E-state index contributed by atoms with van der Waals surface area (Å²) >= 11 is 0. The molecule has 0 unspecified atom stereocenters. The molecule has 1 aliphatic rings. The van der Waals surface area contributed by atoms with Gasteiger partial charge >= 0.3 is 0 Å². The van der Waals surface area contributed by atoms with E-state index >= 15 is 0 Å². The second-order valence-electron chi connectivity index (χ2n) is 5.72.